The van der Waals surface area contributed by atoms with Crippen molar-refractivity contribution in [2.24, 2.45) is 4.76 Å². The Morgan fingerprint density at radius 2 is 2.00 bits per heavy atom. The maximum absolute atomic E-state index is 10.4. The number of nitrogens with zero attached hydrogens (tertiary/aromatic N) is 1. The Bertz CT molecular complexity index is 141. The molecule has 0 saturated carbocycles. The summed E-state index contributed by atoms with van der Waals surface area (Å²) in [5, 5.41) is 0. The summed E-state index contributed by atoms with van der Waals surface area (Å²) < 4.78 is 13.4. The van der Waals surface area contributed by atoms with E-state index in [0.29, 0.717) is 0 Å². The first kappa shape index (κ1) is 6.61. The maximum Gasteiger partial charge on any atom is 0.241 e. The fourth-order valence-electron chi connectivity index (χ4n) is 0.0983. The first-order valence-corrected chi connectivity index (χ1v) is 4.26. The maximum atomic E-state index is 10.4. The Morgan fingerprint density at radius 3 is 2.00 bits per heavy atom. The molecule has 0 unspecified atom stereocenters. The normalized spacial score (nSPS) is 10.0. The highest BCUT2D eigenvalue weighted by Crippen LogP contribution is 2.36. The third kappa shape index (κ3) is 5.61. The molecule has 0 aliphatic heterocycles. The molecule has 4 heteroatoms. The zero-order valence-electron chi connectivity index (χ0n) is 4.21. The van der Waals surface area contributed by atoms with Crippen molar-refractivity contribution < 1.29 is 9.36 Å². The molecule has 40 valence electrons. The second-order valence-electron chi connectivity index (χ2n) is 1.49. The van der Waals surface area contributed by atoms with Crippen LogP contribution >= 0.6 is 7.29 Å². The SMILES string of the molecule is CP(C)(=O)N=C=O. The summed E-state index contributed by atoms with van der Waals surface area (Å²) >= 11 is 0. The van der Waals surface area contributed by atoms with E-state index in [0.717, 1.165) is 0 Å². The van der Waals surface area contributed by atoms with Crippen LogP contribution in [0.25, 0.3) is 0 Å². The zero-order valence-corrected chi connectivity index (χ0v) is 5.11. The number of rotatable bonds is 1. The van der Waals surface area contributed by atoms with Crippen molar-refractivity contribution in [1.29, 1.82) is 0 Å². The lowest BCUT2D eigenvalue weighted by Crippen LogP contribution is -1.63. The summed E-state index contributed by atoms with van der Waals surface area (Å²) in [5.41, 5.74) is 0. The van der Waals surface area contributed by atoms with Crippen molar-refractivity contribution in [3.63, 3.8) is 0 Å². The molecule has 0 aromatic carbocycles. The van der Waals surface area contributed by atoms with Crippen LogP contribution in [0.1, 0.15) is 0 Å². The van der Waals surface area contributed by atoms with Gasteiger partial charge in [0.05, 0.1) is 0 Å². The molecule has 0 aromatic heterocycles. The Morgan fingerprint density at radius 1 is 1.57 bits per heavy atom. The van der Waals surface area contributed by atoms with Crippen LogP contribution in [0.2, 0.25) is 0 Å². The number of hydrogen-bond acceptors (Lipinski definition) is 2. The van der Waals surface area contributed by atoms with Gasteiger partial charge >= 0.3 is 0 Å². The summed E-state index contributed by atoms with van der Waals surface area (Å²) in [4.78, 5) is 9.36. The molecule has 0 amide bonds. The minimum Gasteiger partial charge on any atom is -0.298 e. The predicted octanol–water partition coefficient (Wildman–Crippen LogP) is 0.860. The van der Waals surface area contributed by atoms with Crippen LogP contribution in [-0.2, 0) is 9.36 Å². The van der Waals surface area contributed by atoms with Gasteiger partial charge in [0.1, 0.15) is 0 Å². The van der Waals surface area contributed by atoms with E-state index in [1.165, 1.54) is 19.4 Å². The molecular weight excluding hydrogens is 113 g/mol. The molecule has 0 radical (unpaired) electrons. The number of isocyanates is 1. The average molecular weight is 119 g/mol. The van der Waals surface area contributed by atoms with Gasteiger partial charge in [-0.1, -0.05) is 0 Å². The van der Waals surface area contributed by atoms with Crippen molar-refractivity contribution in [2.75, 3.05) is 13.3 Å². The second-order valence-corrected chi connectivity index (χ2v) is 4.27. The first-order valence-electron chi connectivity index (χ1n) is 1.70. The van der Waals surface area contributed by atoms with Gasteiger partial charge in [-0.05, 0) is 0 Å². The smallest absolute Gasteiger partial charge is 0.241 e. The average Bonchev–Trinajstić information content (AvgIpc) is 1.30. The molecule has 0 aliphatic carbocycles. The van der Waals surface area contributed by atoms with E-state index in [1.807, 2.05) is 0 Å². The van der Waals surface area contributed by atoms with E-state index in [9.17, 15) is 9.36 Å². The van der Waals surface area contributed by atoms with Crippen molar-refractivity contribution in [3.8, 4) is 0 Å². The van der Waals surface area contributed by atoms with Gasteiger partial charge in [-0.25, -0.2) is 4.79 Å². The molecule has 7 heavy (non-hydrogen) atoms. The lowest BCUT2D eigenvalue weighted by atomic mass is 11.7. The fraction of sp³-hybridized carbons (Fsp3) is 0.667. The molecule has 0 N–H and O–H groups in total. The molecular formula is C3H6NO2P. The standard InChI is InChI=1S/C3H6NO2P/c1-7(2,6)4-3-5/h1-2H3. The van der Waals surface area contributed by atoms with E-state index < -0.39 is 7.29 Å². The van der Waals surface area contributed by atoms with Crippen molar-refractivity contribution in [3.05, 3.63) is 0 Å². The largest absolute Gasteiger partial charge is 0.298 e. The second kappa shape index (κ2) is 2.06. The van der Waals surface area contributed by atoms with Gasteiger partial charge in [0.15, 0.2) is 7.29 Å². The molecule has 0 rings (SSSR count). The highest BCUT2D eigenvalue weighted by atomic mass is 31.2. The third-order valence-electron chi connectivity index (χ3n) is 0.282. The fourth-order valence-corrected chi connectivity index (χ4v) is 0.295. The van der Waals surface area contributed by atoms with Crippen molar-refractivity contribution >= 4 is 13.4 Å². The minimum atomic E-state index is -2.46. The highest BCUT2D eigenvalue weighted by molar-refractivity contribution is 7.61. The molecule has 0 aromatic rings. The monoisotopic (exact) mass is 119 g/mol. The molecule has 0 spiro atoms. The van der Waals surface area contributed by atoms with Crippen LogP contribution in [0.5, 0.6) is 0 Å². The summed E-state index contributed by atoms with van der Waals surface area (Å²) in [6.07, 6.45) is 1.22. The van der Waals surface area contributed by atoms with E-state index in [-0.39, 0.29) is 0 Å². The van der Waals surface area contributed by atoms with Gasteiger partial charge in [-0.2, -0.15) is 0 Å². The Labute approximate surface area is 41.9 Å². The van der Waals surface area contributed by atoms with Crippen molar-refractivity contribution in [1.82, 2.24) is 0 Å². The van der Waals surface area contributed by atoms with Gasteiger partial charge in [-0.3, -0.25) is 4.57 Å². The molecule has 0 bridgehead atoms. The molecule has 0 saturated heterocycles. The van der Waals surface area contributed by atoms with E-state index >= 15 is 0 Å². The molecule has 0 aliphatic rings. The molecule has 3 nitrogen and oxygen atoms in total. The van der Waals surface area contributed by atoms with Crippen LogP contribution in [0.3, 0.4) is 0 Å². The molecule has 0 heterocycles. The van der Waals surface area contributed by atoms with Crippen LogP contribution in [0, 0.1) is 0 Å². The summed E-state index contributed by atoms with van der Waals surface area (Å²) in [6, 6.07) is 0. The first-order chi connectivity index (χ1) is 3.06. The lowest BCUT2D eigenvalue weighted by Gasteiger charge is -1.87. The van der Waals surface area contributed by atoms with Gasteiger partial charge in [-0.15, -0.1) is 4.76 Å². The summed E-state index contributed by atoms with van der Waals surface area (Å²) in [5.74, 6) is 0. The highest BCUT2D eigenvalue weighted by Gasteiger charge is 1.99. The Kier molecular flexibility index (Phi) is 1.94. The van der Waals surface area contributed by atoms with Gasteiger partial charge in [0, 0.05) is 13.3 Å². The minimum absolute atomic E-state index is 1.22. The van der Waals surface area contributed by atoms with E-state index in [2.05, 4.69) is 4.76 Å². The van der Waals surface area contributed by atoms with E-state index in [4.69, 9.17) is 0 Å². The lowest BCUT2D eigenvalue weighted by molar-refractivity contribution is 0.563. The quantitative estimate of drug-likeness (QED) is 0.292. The third-order valence-corrected chi connectivity index (χ3v) is 0.845. The topological polar surface area (TPSA) is 46.5 Å². The summed E-state index contributed by atoms with van der Waals surface area (Å²) in [7, 11) is -2.46. The molecule has 0 atom stereocenters. The van der Waals surface area contributed by atoms with Gasteiger partial charge in [0.25, 0.3) is 0 Å². The van der Waals surface area contributed by atoms with Gasteiger partial charge in [0.2, 0.25) is 6.08 Å². The Hall–Kier alpha value is -0.390. The zero-order chi connectivity index (χ0) is 5.91. The number of carbonyl (C=O) groups excluding carboxylic acids is 1. The van der Waals surface area contributed by atoms with Gasteiger partial charge < -0.3 is 0 Å². The summed E-state index contributed by atoms with van der Waals surface area (Å²) in [6.45, 7) is 2.80. The van der Waals surface area contributed by atoms with Crippen LogP contribution in [-0.4, -0.2) is 19.4 Å². The predicted molar refractivity (Wildman–Crippen MR) is 27.6 cm³/mol. The van der Waals surface area contributed by atoms with Crippen LogP contribution in [0.15, 0.2) is 4.76 Å². The van der Waals surface area contributed by atoms with Crippen LogP contribution in [0.4, 0.5) is 0 Å². The van der Waals surface area contributed by atoms with E-state index in [1.54, 1.807) is 0 Å². The van der Waals surface area contributed by atoms with Crippen LogP contribution < -0.4 is 0 Å². The van der Waals surface area contributed by atoms with Crippen molar-refractivity contribution in [2.45, 2.75) is 0 Å². The number of hydrogen-bond donors (Lipinski definition) is 0. The molecule has 0 fully saturated rings. The Balaban J connectivity index is 4.10.